The van der Waals surface area contributed by atoms with Crippen LogP contribution in [-0.2, 0) is 35.8 Å². The molecule has 2 aliphatic carbocycles. The van der Waals surface area contributed by atoms with Crippen LogP contribution >= 0.6 is 0 Å². The van der Waals surface area contributed by atoms with E-state index in [0.717, 1.165) is 54.6 Å². The Balaban J connectivity index is 1.43. The highest BCUT2D eigenvalue weighted by Crippen LogP contribution is 2.79. The number of carbonyl (C=O) groups is 2. The molecule has 0 bridgehead atoms. The van der Waals surface area contributed by atoms with Gasteiger partial charge < -0.3 is 23.7 Å². The predicted octanol–water partition coefficient (Wildman–Crippen LogP) is 8.24. The summed E-state index contributed by atoms with van der Waals surface area (Å²) in [6.45, 7) is 11.6. The number of ether oxygens (including phenoxy) is 5. The summed E-state index contributed by atoms with van der Waals surface area (Å²) in [5.41, 5.74) is -3.94. The van der Waals surface area contributed by atoms with Crippen molar-refractivity contribution < 1.29 is 46.4 Å². The summed E-state index contributed by atoms with van der Waals surface area (Å²) in [7, 11) is 4.09. The van der Waals surface area contributed by atoms with Gasteiger partial charge in [-0.05, 0) is 70.1 Å². The van der Waals surface area contributed by atoms with Crippen molar-refractivity contribution in [1.29, 1.82) is 0 Å². The molecule has 2 aromatic rings. The van der Waals surface area contributed by atoms with Crippen LogP contribution in [0.1, 0.15) is 83.4 Å². The first kappa shape index (κ1) is 36.9. The lowest BCUT2D eigenvalue weighted by atomic mass is 9.36. The maximum atomic E-state index is 14.7. The first-order chi connectivity index (χ1) is 22.9. The molecule has 0 aromatic heterocycles. The predicted molar refractivity (Wildman–Crippen MR) is 178 cm³/mol. The Kier molecular flexibility index (Phi) is 9.60. The van der Waals surface area contributed by atoms with E-state index in [1.165, 1.54) is 24.3 Å². The molecular weight excluding hydrogens is 637 g/mol. The second kappa shape index (κ2) is 12.7. The number of carbonyl (C=O) groups excluding carboxylic acids is 2. The Bertz CT molecular complexity index is 1620. The number of aryl methyl sites for hydroxylation is 1. The van der Waals surface area contributed by atoms with Crippen molar-refractivity contribution in [2.24, 2.45) is 16.7 Å². The molecule has 0 amide bonds. The molecule has 1 saturated heterocycles. The van der Waals surface area contributed by atoms with Gasteiger partial charge in [0, 0.05) is 36.5 Å². The SMILES string of the molecule is COc1cc(C)c(OC)c(C/C=C(\C)CC(=O)[C@H]2[C@@]3(C[C@H](OC(=O)[C@](OC)(c4ccccc4)C(F)(F)F)C(C)(C)O3)[C@]3(C)CCC[C@]23C)c1. The minimum atomic E-state index is -5.11. The van der Waals surface area contributed by atoms with Gasteiger partial charge in [-0.25, -0.2) is 4.79 Å². The van der Waals surface area contributed by atoms with E-state index in [0.29, 0.717) is 6.42 Å². The van der Waals surface area contributed by atoms with Gasteiger partial charge in [-0.2, -0.15) is 13.2 Å². The molecule has 3 fully saturated rings. The first-order valence-corrected chi connectivity index (χ1v) is 16.9. The van der Waals surface area contributed by atoms with E-state index in [2.05, 4.69) is 13.8 Å². The minimum Gasteiger partial charge on any atom is -0.497 e. The molecule has 268 valence electrons. The van der Waals surface area contributed by atoms with Crippen molar-refractivity contribution in [2.75, 3.05) is 21.3 Å². The number of hydrogen-bond donors (Lipinski definition) is 0. The van der Waals surface area contributed by atoms with Gasteiger partial charge in [-0.15, -0.1) is 0 Å². The van der Waals surface area contributed by atoms with Crippen LogP contribution in [0.5, 0.6) is 11.5 Å². The first-order valence-electron chi connectivity index (χ1n) is 16.9. The fourth-order valence-corrected chi connectivity index (χ4v) is 9.40. The van der Waals surface area contributed by atoms with Crippen molar-refractivity contribution in [1.82, 2.24) is 0 Å². The molecule has 7 nitrogen and oxygen atoms in total. The molecule has 10 heteroatoms. The highest BCUT2D eigenvalue weighted by Gasteiger charge is 2.82. The van der Waals surface area contributed by atoms with Crippen LogP contribution in [0.2, 0.25) is 0 Å². The second-order valence-electron chi connectivity index (χ2n) is 15.0. The summed E-state index contributed by atoms with van der Waals surface area (Å²) in [6, 6.07) is 10.6. The molecule has 2 saturated carbocycles. The minimum absolute atomic E-state index is 0.0120. The smallest absolute Gasteiger partial charge is 0.432 e. The molecule has 0 N–H and O–H groups in total. The Labute approximate surface area is 287 Å². The molecule has 1 spiro atoms. The Morgan fingerprint density at radius 3 is 2.27 bits per heavy atom. The van der Waals surface area contributed by atoms with Crippen molar-refractivity contribution in [2.45, 2.75) is 109 Å². The second-order valence-corrected chi connectivity index (χ2v) is 15.0. The third-order valence-corrected chi connectivity index (χ3v) is 12.0. The molecule has 3 aliphatic rings. The molecule has 1 aliphatic heterocycles. The van der Waals surface area contributed by atoms with E-state index in [9.17, 15) is 22.8 Å². The highest BCUT2D eigenvalue weighted by atomic mass is 19.4. The number of allylic oxidation sites excluding steroid dienone is 2. The number of rotatable bonds is 11. The summed E-state index contributed by atoms with van der Waals surface area (Å²) in [5.74, 6) is -0.593. The van der Waals surface area contributed by atoms with E-state index in [1.54, 1.807) is 34.1 Å². The summed E-state index contributed by atoms with van der Waals surface area (Å²) in [4.78, 5) is 28.1. The van der Waals surface area contributed by atoms with Gasteiger partial charge in [-0.1, -0.05) is 62.2 Å². The van der Waals surface area contributed by atoms with Gasteiger partial charge >= 0.3 is 12.1 Å². The van der Waals surface area contributed by atoms with Crippen LogP contribution < -0.4 is 9.47 Å². The molecule has 6 atom stereocenters. The molecule has 0 unspecified atom stereocenters. The molecule has 2 aromatic carbocycles. The fourth-order valence-electron chi connectivity index (χ4n) is 9.40. The summed E-state index contributed by atoms with van der Waals surface area (Å²) >= 11 is 0. The number of fused-ring (bicyclic) bond motifs is 2. The molecule has 1 heterocycles. The van der Waals surface area contributed by atoms with Gasteiger partial charge in [0.25, 0.3) is 5.60 Å². The van der Waals surface area contributed by atoms with Gasteiger partial charge in [0.2, 0.25) is 0 Å². The van der Waals surface area contributed by atoms with E-state index < -0.39 is 46.4 Å². The molecule has 49 heavy (non-hydrogen) atoms. The van der Waals surface area contributed by atoms with Crippen LogP contribution in [0.25, 0.3) is 0 Å². The topological polar surface area (TPSA) is 80.3 Å². The zero-order valence-corrected chi connectivity index (χ0v) is 30.0. The van der Waals surface area contributed by atoms with Crippen molar-refractivity contribution >= 4 is 11.8 Å². The summed E-state index contributed by atoms with van der Waals surface area (Å²) in [5, 5.41) is 0. The lowest BCUT2D eigenvalue weighted by molar-refractivity contribution is -0.305. The lowest BCUT2D eigenvalue weighted by Gasteiger charge is -2.70. The number of ketones is 1. The Morgan fingerprint density at radius 2 is 1.67 bits per heavy atom. The zero-order valence-electron chi connectivity index (χ0n) is 30.0. The van der Waals surface area contributed by atoms with Crippen molar-refractivity contribution in [3.05, 3.63) is 70.8 Å². The quantitative estimate of drug-likeness (QED) is 0.174. The van der Waals surface area contributed by atoms with Crippen LogP contribution in [0.15, 0.2) is 54.1 Å². The number of alkyl halides is 3. The van der Waals surface area contributed by atoms with Gasteiger partial charge in [0.05, 0.1) is 25.7 Å². The van der Waals surface area contributed by atoms with E-state index >= 15 is 0 Å². The number of Topliss-reactive ketones (excluding diaryl/α,β-unsaturated/α-hetero) is 1. The summed E-state index contributed by atoms with van der Waals surface area (Å²) in [6.07, 6.45) is -0.806. The number of hydrogen-bond acceptors (Lipinski definition) is 7. The van der Waals surface area contributed by atoms with Crippen LogP contribution in [0.3, 0.4) is 0 Å². The zero-order chi connectivity index (χ0) is 36.2. The highest BCUT2D eigenvalue weighted by molar-refractivity contribution is 5.87. The lowest BCUT2D eigenvalue weighted by Crippen LogP contribution is -2.75. The fraction of sp³-hybridized carbons (Fsp3) is 0.590. The standard InChI is InChI=1S/C39H49F3O7/c1-24(16-17-26-22-28(45-7)21-25(2)31(26)46-8)20-29(43)32-35(5)18-13-19-36(35,6)37(32)23-30(34(3,4)49-37)48-33(44)38(47-9,39(40,41)42)27-14-11-10-12-15-27/h10-12,14-16,21-22,30,32H,13,17-20,23H2,1-9H3/b24-16+/t30-,32+,35+,36+,37-,38+/m0/s1. The summed E-state index contributed by atoms with van der Waals surface area (Å²) < 4.78 is 73.0. The van der Waals surface area contributed by atoms with E-state index in [-0.39, 0.29) is 29.6 Å². The Morgan fingerprint density at radius 1 is 1.00 bits per heavy atom. The van der Waals surface area contributed by atoms with Crippen LogP contribution in [0, 0.1) is 23.7 Å². The normalized spacial score (nSPS) is 30.3. The monoisotopic (exact) mass is 686 g/mol. The largest absolute Gasteiger partial charge is 0.497 e. The van der Waals surface area contributed by atoms with Crippen LogP contribution in [0.4, 0.5) is 13.2 Å². The van der Waals surface area contributed by atoms with Gasteiger partial charge in [0.15, 0.2) is 0 Å². The molecule has 0 radical (unpaired) electrons. The Hall–Kier alpha value is -3.37. The maximum absolute atomic E-state index is 14.7. The number of benzene rings is 2. The third-order valence-electron chi connectivity index (χ3n) is 12.0. The van der Waals surface area contributed by atoms with Crippen LogP contribution in [-0.4, -0.2) is 56.6 Å². The molecular formula is C39H49F3O7. The van der Waals surface area contributed by atoms with Crippen molar-refractivity contribution in [3.63, 3.8) is 0 Å². The van der Waals surface area contributed by atoms with E-state index in [1.807, 2.05) is 32.1 Å². The third kappa shape index (κ3) is 5.57. The average molecular weight is 687 g/mol. The maximum Gasteiger partial charge on any atom is 0.432 e. The van der Waals surface area contributed by atoms with Gasteiger partial charge in [0.1, 0.15) is 29.0 Å². The molecule has 5 rings (SSSR count). The van der Waals surface area contributed by atoms with Crippen molar-refractivity contribution in [3.8, 4) is 11.5 Å². The van der Waals surface area contributed by atoms with E-state index in [4.69, 9.17) is 23.7 Å². The average Bonchev–Trinajstić information content (AvgIpc) is 3.46. The van der Waals surface area contributed by atoms with Gasteiger partial charge in [-0.3, -0.25) is 4.79 Å². The number of halogens is 3. The number of methoxy groups -OCH3 is 3. The number of esters is 1.